The molecule has 0 saturated carbocycles. The Labute approximate surface area is 134 Å². The van der Waals surface area contributed by atoms with Gasteiger partial charge >= 0.3 is 0 Å². The van der Waals surface area contributed by atoms with Crippen molar-refractivity contribution in [2.75, 3.05) is 0 Å². The second kappa shape index (κ2) is 5.64. The van der Waals surface area contributed by atoms with Crippen molar-refractivity contribution in [3.05, 3.63) is 77.4 Å². The maximum atomic E-state index is 3.64. The average Bonchev–Trinajstić information content (AvgIpc) is 2.89. The third kappa shape index (κ3) is 2.94. The van der Waals surface area contributed by atoms with E-state index in [1.165, 1.54) is 22.4 Å². The van der Waals surface area contributed by atoms with Crippen molar-refractivity contribution < 1.29 is 0 Å². The molecule has 0 spiro atoms. The minimum absolute atomic E-state index is 0.204. The fraction of sp³-hybridized carbons (Fsp3) is 0.333. The maximum absolute atomic E-state index is 3.64. The molecular formula is C21H25N. The van der Waals surface area contributed by atoms with Gasteiger partial charge < -0.3 is 5.32 Å². The van der Waals surface area contributed by atoms with Crippen molar-refractivity contribution in [3.63, 3.8) is 0 Å². The molecule has 1 nitrogen and oxygen atoms in total. The zero-order valence-electron chi connectivity index (χ0n) is 13.9. The van der Waals surface area contributed by atoms with E-state index in [0.29, 0.717) is 12.0 Å². The molecule has 0 fully saturated rings. The molecular weight excluding hydrogens is 266 g/mol. The monoisotopic (exact) mass is 291 g/mol. The first-order valence-corrected chi connectivity index (χ1v) is 8.09. The van der Waals surface area contributed by atoms with Crippen LogP contribution in [0.1, 0.15) is 50.3 Å². The van der Waals surface area contributed by atoms with E-state index in [1.807, 2.05) is 0 Å². The van der Waals surface area contributed by atoms with Gasteiger partial charge in [-0.3, -0.25) is 0 Å². The summed E-state index contributed by atoms with van der Waals surface area (Å²) in [6.07, 6.45) is 2.37. The molecule has 0 aliphatic carbocycles. The fourth-order valence-corrected chi connectivity index (χ4v) is 3.10. The molecule has 0 bridgehead atoms. The van der Waals surface area contributed by atoms with E-state index < -0.39 is 0 Å². The van der Waals surface area contributed by atoms with Crippen LogP contribution in [-0.4, -0.2) is 6.04 Å². The average molecular weight is 291 g/mol. The Balaban J connectivity index is 1.87. The molecule has 2 unspecified atom stereocenters. The van der Waals surface area contributed by atoms with Gasteiger partial charge in [-0.05, 0) is 29.0 Å². The number of rotatable bonds is 2. The van der Waals surface area contributed by atoms with Crippen LogP contribution < -0.4 is 5.32 Å². The van der Waals surface area contributed by atoms with Crippen molar-refractivity contribution in [3.8, 4) is 0 Å². The van der Waals surface area contributed by atoms with Crippen LogP contribution in [0.15, 0.2) is 60.7 Å². The molecule has 114 valence electrons. The van der Waals surface area contributed by atoms with Crippen molar-refractivity contribution in [1.29, 1.82) is 0 Å². The zero-order valence-corrected chi connectivity index (χ0v) is 13.9. The minimum Gasteiger partial charge on any atom is -0.381 e. The highest BCUT2D eigenvalue weighted by atomic mass is 15.0. The molecule has 3 rings (SSSR count). The van der Waals surface area contributed by atoms with E-state index in [1.54, 1.807) is 0 Å². The van der Waals surface area contributed by atoms with Crippen LogP contribution in [-0.2, 0) is 5.41 Å². The molecule has 1 heterocycles. The molecule has 0 radical (unpaired) electrons. The fourth-order valence-electron chi connectivity index (χ4n) is 3.10. The van der Waals surface area contributed by atoms with Gasteiger partial charge in [-0.15, -0.1) is 0 Å². The number of hydrogen-bond acceptors (Lipinski definition) is 1. The van der Waals surface area contributed by atoms with Gasteiger partial charge in [0.1, 0.15) is 0 Å². The quantitative estimate of drug-likeness (QED) is 0.811. The Bertz CT molecular complexity index is 659. The van der Waals surface area contributed by atoms with E-state index in [0.717, 1.165) is 0 Å². The molecule has 2 aromatic carbocycles. The van der Waals surface area contributed by atoms with Gasteiger partial charge in [-0.2, -0.15) is 0 Å². The summed E-state index contributed by atoms with van der Waals surface area (Å²) in [5.41, 5.74) is 5.49. The summed E-state index contributed by atoms with van der Waals surface area (Å²) < 4.78 is 0. The Kier molecular flexibility index (Phi) is 3.82. The molecule has 0 saturated heterocycles. The Morgan fingerprint density at radius 1 is 0.864 bits per heavy atom. The highest BCUT2D eigenvalue weighted by Gasteiger charge is 2.25. The highest BCUT2D eigenvalue weighted by Crippen LogP contribution is 2.32. The van der Waals surface area contributed by atoms with Gasteiger partial charge in [-0.1, -0.05) is 81.4 Å². The molecule has 22 heavy (non-hydrogen) atoms. The van der Waals surface area contributed by atoms with E-state index in [-0.39, 0.29) is 5.41 Å². The van der Waals surface area contributed by atoms with Crippen LogP contribution in [0.25, 0.3) is 5.70 Å². The van der Waals surface area contributed by atoms with Crippen molar-refractivity contribution in [2.45, 2.75) is 45.1 Å². The van der Waals surface area contributed by atoms with Gasteiger partial charge in [0, 0.05) is 17.7 Å². The van der Waals surface area contributed by atoms with Gasteiger partial charge in [-0.25, -0.2) is 0 Å². The Morgan fingerprint density at radius 2 is 1.50 bits per heavy atom. The van der Waals surface area contributed by atoms with Crippen LogP contribution in [0.2, 0.25) is 0 Å². The second-order valence-corrected chi connectivity index (χ2v) is 7.28. The zero-order chi connectivity index (χ0) is 15.7. The van der Waals surface area contributed by atoms with Crippen LogP contribution in [0, 0.1) is 0 Å². The summed E-state index contributed by atoms with van der Waals surface area (Å²) in [5, 5.41) is 3.64. The second-order valence-electron chi connectivity index (χ2n) is 7.28. The lowest BCUT2D eigenvalue weighted by molar-refractivity contribution is 0.590. The molecule has 1 N–H and O–H groups in total. The summed E-state index contributed by atoms with van der Waals surface area (Å²) in [7, 11) is 0. The van der Waals surface area contributed by atoms with Crippen molar-refractivity contribution >= 4 is 5.70 Å². The normalized spacial score (nSPS) is 21.4. The third-order valence-electron chi connectivity index (χ3n) is 4.51. The first-order chi connectivity index (χ1) is 10.4. The molecule has 0 aromatic heterocycles. The smallest absolute Gasteiger partial charge is 0.0382 e. The number of nitrogens with one attached hydrogen (secondary N) is 1. The first kappa shape index (κ1) is 14.9. The highest BCUT2D eigenvalue weighted by molar-refractivity contribution is 5.68. The topological polar surface area (TPSA) is 12.0 Å². The predicted octanol–water partition coefficient (Wildman–Crippen LogP) is 5.10. The molecule has 1 heteroatoms. The van der Waals surface area contributed by atoms with E-state index >= 15 is 0 Å². The summed E-state index contributed by atoms with van der Waals surface area (Å²) in [5.74, 6) is 0.443. The first-order valence-electron chi connectivity index (χ1n) is 8.09. The van der Waals surface area contributed by atoms with Gasteiger partial charge in [0.2, 0.25) is 0 Å². The standard InChI is InChI=1S/C21H25N/c1-15-19(16-8-6-5-7-9-16)14-20(22-15)17-10-12-18(13-11-17)21(2,3)4/h5-15,19,22H,1-4H3. The van der Waals surface area contributed by atoms with Crippen LogP contribution in [0.4, 0.5) is 0 Å². The lowest BCUT2D eigenvalue weighted by atomic mass is 9.86. The van der Waals surface area contributed by atoms with Gasteiger partial charge in [0.05, 0.1) is 0 Å². The van der Waals surface area contributed by atoms with Crippen molar-refractivity contribution in [2.24, 2.45) is 0 Å². The molecule has 0 amide bonds. The summed E-state index contributed by atoms with van der Waals surface area (Å²) >= 11 is 0. The van der Waals surface area contributed by atoms with Gasteiger partial charge in [0.15, 0.2) is 0 Å². The maximum Gasteiger partial charge on any atom is 0.0382 e. The van der Waals surface area contributed by atoms with E-state index in [9.17, 15) is 0 Å². The van der Waals surface area contributed by atoms with Crippen LogP contribution >= 0.6 is 0 Å². The minimum atomic E-state index is 0.204. The molecule has 1 aliphatic heterocycles. The summed E-state index contributed by atoms with van der Waals surface area (Å²) in [4.78, 5) is 0. The van der Waals surface area contributed by atoms with E-state index in [4.69, 9.17) is 0 Å². The Morgan fingerprint density at radius 3 is 2.09 bits per heavy atom. The SMILES string of the molecule is CC1NC(c2ccc(C(C)(C)C)cc2)=CC1c1ccccc1. The lowest BCUT2D eigenvalue weighted by Crippen LogP contribution is -2.23. The van der Waals surface area contributed by atoms with Gasteiger partial charge in [0.25, 0.3) is 0 Å². The molecule has 2 aromatic rings. The molecule has 2 atom stereocenters. The lowest BCUT2D eigenvalue weighted by Gasteiger charge is -2.19. The largest absolute Gasteiger partial charge is 0.381 e. The predicted molar refractivity (Wildman–Crippen MR) is 94.9 cm³/mol. The Hall–Kier alpha value is -2.02. The van der Waals surface area contributed by atoms with Crippen LogP contribution in [0.3, 0.4) is 0 Å². The summed E-state index contributed by atoms with van der Waals surface area (Å²) in [6, 6.07) is 20.1. The van der Waals surface area contributed by atoms with Crippen molar-refractivity contribution in [1.82, 2.24) is 5.32 Å². The summed E-state index contributed by atoms with van der Waals surface area (Å²) in [6.45, 7) is 9.01. The number of hydrogen-bond donors (Lipinski definition) is 1. The number of benzene rings is 2. The van der Waals surface area contributed by atoms with Crippen LogP contribution in [0.5, 0.6) is 0 Å². The molecule has 1 aliphatic rings. The van der Waals surface area contributed by atoms with E-state index in [2.05, 4.69) is 93.7 Å². The third-order valence-corrected chi connectivity index (χ3v) is 4.51.